The highest BCUT2D eigenvalue weighted by molar-refractivity contribution is 7.17. The molecule has 0 amide bonds. The van der Waals surface area contributed by atoms with Crippen LogP contribution in [0.5, 0.6) is 5.75 Å². The zero-order chi connectivity index (χ0) is 21.8. The average molecular weight is 454 g/mol. The summed E-state index contributed by atoms with van der Waals surface area (Å²) in [6.45, 7) is 2.89. The number of carbonyl (C=O) groups is 1. The van der Waals surface area contributed by atoms with E-state index in [4.69, 9.17) is 16.3 Å². The highest BCUT2D eigenvalue weighted by atomic mass is 35.5. The molecule has 0 radical (unpaired) electrons. The second-order valence-corrected chi connectivity index (χ2v) is 8.22. The van der Waals surface area contributed by atoms with Gasteiger partial charge in [-0.2, -0.15) is 0 Å². The Morgan fingerprint density at radius 2 is 1.97 bits per heavy atom. The molecule has 0 bridgehead atoms. The summed E-state index contributed by atoms with van der Waals surface area (Å²) in [5.74, 6) is 0.0199. The minimum atomic E-state index is -1.01. The molecular weight excluding hydrogens is 434 g/mol. The van der Waals surface area contributed by atoms with E-state index < -0.39 is 5.97 Å². The summed E-state index contributed by atoms with van der Waals surface area (Å²) < 4.78 is 5.45. The summed E-state index contributed by atoms with van der Waals surface area (Å²) in [5.41, 5.74) is 1.85. The average Bonchev–Trinajstić information content (AvgIpc) is 3.20. The van der Waals surface area contributed by atoms with Crippen molar-refractivity contribution >= 4 is 45.5 Å². The molecule has 0 spiro atoms. The Morgan fingerprint density at radius 3 is 2.74 bits per heavy atom. The molecule has 0 saturated carbocycles. The molecule has 4 rings (SSSR count). The lowest BCUT2D eigenvalue weighted by molar-refractivity contribution is 0.0698. The molecule has 2 aromatic heterocycles. The number of nitrogens with one attached hydrogen (secondary N) is 1. The first-order chi connectivity index (χ1) is 15.1. The van der Waals surface area contributed by atoms with Gasteiger partial charge in [0.15, 0.2) is 4.88 Å². The first kappa shape index (κ1) is 21.1. The van der Waals surface area contributed by atoms with Gasteiger partial charge < -0.3 is 15.2 Å². The van der Waals surface area contributed by atoms with Crippen molar-refractivity contribution in [2.24, 2.45) is 0 Å². The van der Waals surface area contributed by atoms with Crippen LogP contribution in [0.1, 0.15) is 22.2 Å². The van der Waals surface area contributed by atoms with E-state index in [1.165, 1.54) is 11.9 Å². The SMILES string of the molecule is CCOc1cc(-c2cc(NCCc3ccc(Cl)c4ccccc34)ncn2)sc1C(=O)O. The van der Waals surface area contributed by atoms with Gasteiger partial charge in [0.2, 0.25) is 0 Å². The van der Waals surface area contributed by atoms with Crippen molar-refractivity contribution in [1.29, 1.82) is 0 Å². The van der Waals surface area contributed by atoms with Crippen molar-refractivity contribution in [1.82, 2.24) is 9.97 Å². The summed E-state index contributed by atoms with van der Waals surface area (Å²) in [7, 11) is 0. The van der Waals surface area contributed by atoms with Gasteiger partial charge in [0, 0.05) is 29.1 Å². The maximum absolute atomic E-state index is 11.5. The third kappa shape index (κ3) is 4.62. The summed E-state index contributed by atoms with van der Waals surface area (Å²) in [5, 5.41) is 15.7. The monoisotopic (exact) mass is 453 g/mol. The van der Waals surface area contributed by atoms with Crippen molar-refractivity contribution in [2.45, 2.75) is 13.3 Å². The predicted octanol–water partition coefficient (Wildman–Crippen LogP) is 5.76. The van der Waals surface area contributed by atoms with Crippen LogP contribution < -0.4 is 10.1 Å². The number of halogens is 1. The summed E-state index contributed by atoms with van der Waals surface area (Å²) in [6, 6.07) is 15.6. The van der Waals surface area contributed by atoms with Crippen molar-refractivity contribution in [3.05, 3.63) is 70.3 Å². The van der Waals surface area contributed by atoms with Gasteiger partial charge in [-0.1, -0.05) is 41.9 Å². The molecule has 158 valence electrons. The predicted molar refractivity (Wildman–Crippen MR) is 125 cm³/mol. The van der Waals surface area contributed by atoms with Crippen LogP contribution in [0, 0.1) is 0 Å². The van der Waals surface area contributed by atoms with Crippen LogP contribution in [-0.4, -0.2) is 34.2 Å². The van der Waals surface area contributed by atoms with E-state index in [2.05, 4.69) is 21.4 Å². The number of thiophene rings is 1. The molecule has 0 fully saturated rings. The minimum absolute atomic E-state index is 0.166. The molecule has 0 atom stereocenters. The Morgan fingerprint density at radius 1 is 1.16 bits per heavy atom. The van der Waals surface area contributed by atoms with Crippen LogP contribution in [0.2, 0.25) is 5.02 Å². The van der Waals surface area contributed by atoms with Gasteiger partial charge in [-0.3, -0.25) is 0 Å². The molecule has 0 aliphatic rings. The van der Waals surface area contributed by atoms with Crippen LogP contribution in [0.4, 0.5) is 5.82 Å². The summed E-state index contributed by atoms with van der Waals surface area (Å²) >= 11 is 7.45. The van der Waals surface area contributed by atoms with Crippen molar-refractivity contribution < 1.29 is 14.6 Å². The van der Waals surface area contributed by atoms with Gasteiger partial charge in [-0.15, -0.1) is 11.3 Å². The van der Waals surface area contributed by atoms with Crippen LogP contribution in [-0.2, 0) is 6.42 Å². The second kappa shape index (κ2) is 9.32. The van der Waals surface area contributed by atoms with Gasteiger partial charge in [0.1, 0.15) is 17.9 Å². The first-order valence-electron chi connectivity index (χ1n) is 9.79. The van der Waals surface area contributed by atoms with E-state index in [9.17, 15) is 9.90 Å². The molecule has 2 heterocycles. The maximum atomic E-state index is 11.5. The molecule has 2 aromatic carbocycles. The molecule has 6 nitrogen and oxygen atoms in total. The van der Waals surface area contributed by atoms with E-state index in [1.807, 2.05) is 43.3 Å². The largest absolute Gasteiger partial charge is 0.492 e. The number of anilines is 1. The lowest BCUT2D eigenvalue weighted by atomic mass is 10.0. The Hall–Kier alpha value is -3.16. The lowest BCUT2D eigenvalue weighted by Gasteiger charge is -2.10. The van der Waals surface area contributed by atoms with Crippen LogP contribution >= 0.6 is 22.9 Å². The molecule has 0 aliphatic heterocycles. The zero-order valence-electron chi connectivity index (χ0n) is 16.8. The molecule has 0 aliphatic carbocycles. The Labute approximate surface area is 188 Å². The van der Waals surface area contributed by atoms with Crippen LogP contribution in [0.3, 0.4) is 0 Å². The third-order valence-electron chi connectivity index (χ3n) is 4.77. The second-order valence-electron chi connectivity index (χ2n) is 6.76. The minimum Gasteiger partial charge on any atom is -0.492 e. The molecule has 4 aromatic rings. The molecule has 31 heavy (non-hydrogen) atoms. The Kier molecular flexibility index (Phi) is 6.34. The standard InChI is InChI=1S/C23H20ClN3O3S/c1-2-30-19-12-20(31-22(19)23(28)29)18-11-21(27-13-26-18)25-10-9-14-7-8-17(24)16-6-4-3-5-15(14)16/h3-8,11-13H,2,9-10H2,1H3,(H,28,29)(H,25,26,27). The van der Waals surface area contributed by atoms with Gasteiger partial charge >= 0.3 is 5.97 Å². The highest BCUT2D eigenvalue weighted by Crippen LogP contribution is 2.36. The smallest absolute Gasteiger partial charge is 0.349 e. The number of carboxylic acids is 1. The summed E-state index contributed by atoms with van der Waals surface area (Å²) in [4.78, 5) is 20.9. The van der Waals surface area contributed by atoms with Crippen LogP contribution in [0.25, 0.3) is 21.3 Å². The number of benzene rings is 2. The number of carboxylic acid groups (broad SMARTS) is 1. The van der Waals surface area contributed by atoms with Gasteiger partial charge in [-0.25, -0.2) is 14.8 Å². The van der Waals surface area contributed by atoms with Crippen molar-refractivity contribution in [3.63, 3.8) is 0 Å². The van der Waals surface area contributed by atoms with Crippen molar-refractivity contribution in [3.8, 4) is 16.3 Å². The molecule has 8 heteroatoms. The van der Waals surface area contributed by atoms with Gasteiger partial charge in [-0.05, 0) is 30.4 Å². The third-order valence-corrected chi connectivity index (χ3v) is 6.23. The van der Waals surface area contributed by atoms with E-state index in [-0.39, 0.29) is 4.88 Å². The summed E-state index contributed by atoms with van der Waals surface area (Å²) in [6.07, 6.45) is 2.27. The number of fused-ring (bicyclic) bond motifs is 1. The van der Waals surface area contributed by atoms with E-state index in [0.717, 1.165) is 38.4 Å². The first-order valence-corrected chi connectivity index (χ1v) is 11.0. The highest BCUT2D eigenvalue weighted by Gasteiger charge is 2.18. The fraction of sp³-hybridized carbons (Fsp3) is 0.174. The van der Waals surface area contributed by atoms with E-state index in [0.29, 0.717) is 30.4 Å². The Bertz CT molecular complexity index is 1240. The normalized spacial score (nSPS) is 10.9. The molecule has 0 saturated heterocycles. The quantitative estimate of drug-likeness (QED) is 0.352. The number of aromatic nitrogens is 2. The fourth-order valence-electron chi connectivity index (χ4n) is 3.37. The lowest BCUT2D eigenvalue weighted by Crippen LogP contribution is -2.07. The van der Waals surface area contributed by atoms with E-state index in [1.54, 1.807) is 6.07 Å². The number of rotatable bonds is 8. The number of nitrogens with zero attached hydrogens (tertiary/aromatic N) is 2. The van der Waals surface area contributed by atoms with Crippen molar-refractivity contribution in [2.75, 3.05) is 18.5 Å². The molecular formula is C23H20ClN3O3S. The maximum Gasteiger partial charge on any atom is 0.349 e. The van der Waals surface area contributed by atoms with Crippen LogP contribution in [0.15, 0.2) is 54.9 Å². The van der Waals surface area contributed by atoms with E-state index >= 15 is 0 Å². The number of aromatic carboxylic acids is 1. The number of hydrogen-bond donors (Lipinski definition) is 2. The van der Waals surface area contributed by atoms with Gasteiger partial charge in [0.25, 0.3) is 0 Å². The number of ether oxygens (including phenoxy) is 1. The zero-order valence-corrected chi connectivity index (χ0v) is 18.3. The number of hydrogen-bond acceptors (Lipinski definition) is 6. The van der Waals surface area contributed by atoms with Gasteiger partial charge in [0.05, 0.1) is 17.2 Å². The molecule has 0 unspecified atom stereocenters. The fourth-order valence-corrected chi connectivity index (χ4v) is 4.50. The Balaban J connectivity index is 1.50. The molecule has 2 N–H and O–H groups in total. The topological polar surface area (TPSA) is 84.3 Å².